The van der Waals surface area contributed by atoms with Crippen LogP contribution in [0.4, 0.5) is 5.82 Å². The average molecular weight is 537 g/mol. The minimum atomic E-state index is 0.202. The number of rotatable bonds is 6. The fourth-order valence-electron chi connectivity index (χ4n) is 6.43. The maximum Gasteiger partial charge on any atom is 0.225 e. The standard InChI is InChI=1S/C28H40N8OS/c1-20(2)27-32-22(18-38-27)17-36-26-24(16-31-36)25(29-19-30-26)34-12-14-35(15-13-34)28(37)21-6-8-23(9-7-21)33-10-4-3-5-11-33/h16,18-21,23H,3-15,17H2,1-2H3. The molecule has 204 valence electrons. The minimum absolute atomic E-state index is 0.202. The quantitative estimate of drug-likeness (QED) is 0.468. The number of carbonyl (C=O) groups excluding carboxylic acids is 1. The van der Waals surface area contributed by atoms with Crippen LogP contribution < -0.4 is 4.90 Å². The van der Waals surface area contributed by atoms with Gasteiger partial charge in [0.15, 0.2) is 5.65 Å². The molecule has 0 bridgehead atoms. The van der Waals surface area contributed by atoms with Crippen molar-refractivity contribution in [1.82, 2.24) is 34.5 Å². The number of anilines is 1. The van der Waals surface area contributed by atoms with E-state index < -0.39 is 0 Å². The zero-order chi connectivity index (χ0) is 26.1. The van der Waals surface area contributed by atoms with Crippen molar-refractivity contribution in [1.29, 1.82) is 0 Å². The molecule has 5 heterocycles. The maximum absolute atomic E-state index is 13.4. The van der Waals surface area contributed by atoms with Crippen LogP contribution in [0.15, 0.2) is 17.9 Å². The molecule has 1 saturated carbocycles. The number of aromatic nitrogens is 5. The van der Waals surface area contributed by atoms with Gasteiger partial charge >= 0.3 is 0 Å². The van der Waals surface area contributed by atoms with Crippen LogP contribution >= 0.6 is 11.3 Å². The number of fused-ring (bicyclic) bond motifs is 1. The van der Waals surface area contributed by atoms with Gasteiger partial charge in [-0.25, -0.2) is 19.6 Å². The first-order chi connectivity index (χ1) is 18.6. The zero-order valence-electron chi connectivity index (χ0n) is 22.8. The normalized spacial score (nSPS) is 23.4. The van der Waals surface area contributed by atoms with E-state index in [4.69, 9.17) is 4.98 Å². The van der Waals surface area contributed by atoms with Gasteiger partial charge in [-0.2, -0.15) is 5.10 Å². The van der Waals surface area contributed by atoms with E-state index in [0.717, 1.165) is 66.6 Å². The molecule has 3 aromatic heterocycles. The first-order valence-corrected chi connectivity index (χ1v) is 15.3. The summed E-state index contributed by atoms with van der Waals surface area (Å²) in [5.74, 6) is 1.91. The lowest BCUT2D eigenvalue weighted by Gasteiger charge is -2.41. The van der Waals surface area contributed by atoms with Crippen LogP contribution in [0.5, 0.6) is 0 Å². The van der Waals surface area contributed by atoms with Gasteiger partial charge < -0.3 is 14.7 Å². The predicted molar refractivity (Wildman–Crippen MR) is 151 cm³/mol. The Bertz CT molecular complexity index is 1230. The van der Waals surface area contributed by atoms with Crippen molar-refractivity contribution < 1.29 is 4.79 Å². The molecular weight excluding hydrogens is 496 g/mol. The van der Waals surface area contributed by atoms with Crippen molar-refractivity contribution in [2.75, 3.05) is 44.2 Å². The smallest absolute Gasteiger partial charge is 0.225 e. The SMILES string of the molecule is CC(C)c1nc(Cn2ncc3c(N4CCN(C(=O)C5CCC(N6CCCCC6)CC5)CC4)ncnc32)cs1. The largest absolute Gasteiger partial charge is 0.352 e. The molecule has 0 unspecified atom stereocenters. The number of carbonyl (C=O) groups is 1. The highest BCUT2D eigenvalue weighted by molar-refractivity contribution is 7.09. The predicted octanol–water partition coefficient (Wildman–Crippen LogP) is 4.15. The number of nitrogens with zero attached hydrogens (tertiary/aromatic N) is 8. The highest BCUT2D eigenvalue weighted by Gasteiger charge is 2.33. The molecule has 10 heteroatoms. The molecule has 1 aliphatic carbocycles. The molecule has 38 heavy (non-hydrogen) atoms. The van der Waals surface area contributed by atoms with Crippen LogP contribution in [0.3, 0.4) is 0 Å². The molecule has 0 spiro atoms. The molecule has 0 aromatic carbocycles. The summed E-state index contributed by atoms with van der Waals surface area (Å²) in [7, 11) is 0. The van der Waals surface area contributed by atoms with Crippen LogP contribution in [-0.2, 0) is 11.3 Å². The number of piperidine rings is 1. The van der Waals surface area contributed by atoms with Crippen LogP contribution in [0.25, 0.3) is 11.0 Å². The third kappa shape index (κ3) is 5.30. The Kier molecular flexibility index (Phi) is 7.61. The van der Waals surface area contributed by atoms with Crippen molar-refractivity contribution in [3.05, 3.63) is 28.6 Å². The molecule has 9 nitrogen and oxygen atoms in total. The number of hydrogen-bond donors (Lipinski definition) is 0. The fourth-order valence-corrected chi connectivity index (χ4v) is 7.26. The van der Waals surface area contributed by atoms with E-state index in [2.05, 4.69) is 49.0 Å². The average Bonchev–Trinajstić information content (AvgIpc) is 3.61. The van der Waals surface area contributed by atoms with Gasteiger partial charge in [-0.05, 0) is 51.6 Å². The van der Waals surface area contributed by atoms with Crippen LogP contribution in [0.2, 0.25) is 0 Å². The van der Waals surface area contributed by atoms with E-state index in [9.17, 15) is 4.79 Å². The van der Waals surface area contributed by atoms with E-state index >= 15 is 0 Å². The Hall–Kier alpha value is -2.59. The second kappa shape index (κ2) is 11.3. The first kappa shape index (κ1) is 25.7. The molecule has 1 amide bonds. The minimum Gasteiger partial charge on any atom is -0.352 e. The zero-order valence-corrected chi connectivity index (χ0v) is 23.6. The van der Waals surface area contributed by atoms with Gasteiger partial charge in [-0.3, -0.25) is 4.79 Å². The highest BCUT2D eigenvalue weighted by Crippen LogP contribution is 2.31. The molecule has 2 saturated heterocycles. The third-order valence-corrected chi connectivity index (χ3v) is 9.83. The van der Waals surface area contributed by atoms with Crippen LogP contribution in [0, 0.1) is 5.92 Å². The third-order valence-electron chi connectivity index (χ3n) is 8.63. The number of likely N-dealkylation sites (tertiary alicyclic amines) is 1. The van der Waals surface area contributed by atoms with E-state index in [1.54, 1.807) is 17.7 Å². The first-order valence-electron chi connectivity index (χ1n) is 14.5. The highest BCUT2D eigenvalue weighted by atomic mass is 32.1. The summed E-state index contributed by atoms with van der Waals surface area (Å²) in [6.07, 6.45) is 12.0. The molecule has 6 rings (SSSR count). The number of thiazole rings is 1. The second-order valence-corrected chi connectivity index (χ2v) is 12.4. The summed E-state index contributed by atoms with van der Waals surface area (Å²) in [6.45, 7) is 10.5. The lowest BCUT2D eigenvalue weighted by molar-refractivity contribution is -0.137. The maximum atomic E-state index is 13.4. The van der Waals surface area contributed by atoms with Crippen molar-refractivity contribution in [3.63, 3.8) is 0 Å². The molecule has 0 N–H and O–H groups in total. The summed E-state index contributed by atoms with van der Waals surface area (Å²) in [5.41, 5.74) is 1.85. The molecule has 2 aliphatic heterocycles. The van der Waals surface area contributed by atoms with Crippen molar-refractivity contribution in [2.45, 2.75) is 77.3 Å². The Labute approximate surface area is 229 Å². The lowest BCUT2D eigenvalue weighted by Crippen LogP contribution is -2.51. The Morgan fingerprint density at radius 3 is 2.47 bits per heavy atom. The summed E-state index contributed by atoms with van der Waals surface area (Å²) >= 11 is 1.70. The number of piperazine rings is 1. The van der Waals surface area contributed by atoms with Crippen molar-refractivity contribution >= 4 is 34.1 Å². The van der Waals surface area contributed by atoms with E-state index in [-0.39, 0.29) is 5.92 Å². The summed E-state index contributed by atoms with van der Waals surface area (Å²) in [4.78, 5) is 34.4. The molecule has 0 radical (unpaired) electrons. The topological polar surface area (TPSA) is 83.3 Å². The van der Waals surface area contributed by atoms with Gasteiger partial charge in [-0.1, -0.05) is 20.3 Å². The number of amides is 1. The summed E-state index contributed by atoms with van der Waals surface area (Å²) < 4.78 is 1.92. The van der Waals surface area contributed by atoms with Gasteiger partial charge in [0.05, 0.1) is 28.8 Å². The monoisotopic (exact) mass is 536 g/mol. The molecular formula is C28H40N8OS. The Morgan fingerprint density at radius 1 is 1.00 bits per heavy atom. The summed E-state index contributed by atoms with van der Waals surface area (Å²) in [5, 5.41) is 8.85. The molecule has 3 aromatic rings. The van der Waals surface area contributed by atoms with E-state index in [1.807, 2.05) is 10.9 Å². The number of hydrogen-bond acceptors (Lipinski definition) is 8. The summed E-state index contributed by atoms with van der Waals surface area (Å²) in [6, 6.07) is 0.699. The molecule has 3 aliphatic rings. The fraction of sp³-hybridized carbons (Fsp3) is 0.679. The van der Waals surface area contributed by atoms with Gasteiger partial charge in [0.2, 0.25) is 5.91 Å². The van der Waals surface area contributed by atoms with Crippen molar-refractivity contribution in [2.24, 2.45) is 5.92 Å². The van der Waals surface area contributed by atoms with Gasteiger partial charge in [0, 0.05) is 49.4 Å². The Balaban J connectivity index is 1.05. The second-order valence-electron chi connectivity index (χ2n) is 11.5. The lowest BCUT2D eigenvalue weighted by atomic mass is 9.83. The molecule has 3 fully saturated rings. The van der Waals surface area contributed by atoms with Gasteiger partial charge in [0.1, 0.15) is 12.1 Å². The van der Waals surface area contributed by atoms with Crippen molar-refractivity contribution in [3.8, 4) is 0 Å². The van der Waals surface area contributed by atoms with Crippen LogP contribution in [0.1, 0.15) is 75.4 Å². The van der Waals surface area contributed by atoms with Crippen LogP contribution in [-0.4, -0.2) is 85.7 Å². The van der Waals surface area contributed by atoms with E-state index in [0.29, 0.717) is 24.4 Å². The Morgan fingerprint density at radius 2 is 1.76 bits per heavy atom. The molecule has 0 atom stereocenters. The van der Waals surface area contributed by atoms with E-state index in [1.165, 1.54) is 45.2 Å². The van der Waals surface area contributed by atoms with Gasteiger partial charge in [-0.15, -0.1) is 11.3 Å². The van der Waals surface area contributed by atoms with Gasteiger partial charge in [0.25, 0.3) is 0 Å².